The Morgan fingerprint density at radius 3 is 2.34 bits per heavy atom. The van der Waals surface area contributed by atoms with Gasteiger partial charge in [-0.15, -0.1) is 0 Å². The fourth-order valence-electron chi connectivity index (χ4n) is 2.61. The Labute approximate surface area is 174 Å². The molecule has 0 aliphatic rings. The van der Waals surface area contributed by atoms with E-state index in [0.717, 1.165) is 5.56 Å². The van der Waals surface area contributed by atoms with Crippen LogP contribution in [0.25, 0.3) is 0 Å². The van der Waals surface area contributed by atoms with Crippen LogP contribution in [0.3, 0.4) is 0 Å². The summed E-state index contributed by atoms with van der Waals surface area (Å²) < 4.78 is 5.60. The predicted molar refractivity (Wildman–Crippen MR) is 112 cm³/mol. The summed E-state index contributed by atoms with van der Waals surface area (Å²) in [6, 6.07) is 19.4. The van der Waals surface area contributed by atoms with Crippen molar-refractivity contribution >= 4 is 29.1 Å². The van der Waals surface area contributed by atoms with Crippen molar-refractivity contribution in [3.05, 3.63) is 83.5 Å². The molecule has 0 saturated heterocycles. The molecule has 3 rings (SSSR count). The molecule has 3 aromatic rings. The van der Waals surface area contributed by atoms with Crippen molar-refractivity contribution < 1.29 is 14.3 Å². The van der Waals surface area contributed by atoms with Crippen molar-refractivity contribution in [1.29, 1.82) is 0 Å². The lowest BCUT2D eigenvalue weighted by atomic mass is 10.1. The van der Waals surface area contributed by atoms with Gasteiger partial charge in [0.1, 0.15) is 5.75 Å². The average molecular weight is 410 g/mol. The van der Waals surface area contributed by atoms with Crippen molar-refractivity contribution in [3.8, 4) is 11.6 Å². The number of rotatable bonds is 5. The molecule has 148 valence electrons. The molecule has 1 heterocycles. The van der Waals surface area contributed by atoms with E-state index in [1.807, 2.05) is 37.3 Å². The third-order valence-electron chi connectivity index (χ3n) is 4.41. The third-order valence-corrected chi connectivity index (χ3v) is 4.66. The van der Waals surface area contributed by atoms with E-state index in [9.17, 15) is 9.59 Å². The summed E-state index contributed by atoms with van der Waals surface area (Å²) in [6.07, 6.45) is 1.43. The summed E-state index contributed by atoms with van der Waals surface area (Å²) in [7, 11) is 1.60. The Morgan fingerprint density at radius 1 is 1.03 bits per heavy atom. The van der Waals surface area contributed by atoms with Crippen LogP contribution in [0, 0.1) is 0 Å². The van der Waals surface area contributed by atoms with E-state index in [4.69, 9.17) is 16.3 Å². The van der Waals surface area contributed by atoms with Gasteiger partial charge in [0.2, 0.25) is 5.88 Å². The molecule has 1 atom stereocenters. The molecule has 0 aliphatic heterocycles. The number of hydrogen-bond donors (Lipinski definition) is 1. The smallest absolute Gasteiger partial charge is 0.313 e. The van der Waals surface area contributed by atoms with Crippen LogP contribution in [0.4, 0.5) is 5.69 Å². The summed E-state index contributed by atoms with van der Waals surface area (Å²) >= 11 is 5.84. The molecule has 0 bridgehead atoms. The number of benzene rings is 2. The number of likely N-dealkylation sites (N-methyl/N-ethyl adjacent to an activating group) is 1. The van der Waals surface area contributed by atoms with E-state index in [2.05, 4.69) is 10.3 Å². The van der Waals surface area contributed by atoms with Gasteiger partial charge in [0.05, 0.1) is 17.9 Å². The van der Waals surface area contributed by atoms with Gasteiger partial charge >= 0.3 is 11.8 Å². The number of carbonyl (C=O) groups is 2. The zero-order valence-electron chi connectivity index (χ0n) is 16.0. The second kappa shape index (κ2) is 9.21. The normalized spacial score (nSPS) is 11.4. The first-order valence-corrected chi connectivity index (χ1v) is 9.34. The van der Waals surface area contributed by atoms with Crippen LogP contribution < -0.4 is 10.1 Å². The number of hydrogen-bond acceptors (Lipinski definition) is 4. The van der Waals surface area contributed by atoms with Gasteiger partial charge < -0.3 is 15.0 Å². The maximum atomic E-state index is 12.5. The van der Waals surface area contributed by atoms with Crippen molar-refractivity contribution in [2.45, 2.75) is 13.0 Å². The zero-order valence-corrected chi connectivity index (χ0v) is 16.8. The number of halogens is 1. The lowest BCUT2D eigenvalue weighted by Gasteiger charge is -2.24. The zero-order chi connectivity index (χ0) is 20.8. The van der Waals surface area contributed by atoms with Gasteiger partial charge in [-0.25, -0.2) is 4.98 Å². The molecule has 6 nitrogen and oxygen atoms in total. The van der Waals surface area contributed by atoms with Gasteiger partial charge in [-0.2, -0.15) is 0 Å². The number of nitrogens with one attached hydrogen (secondary N) is 1. The number of carbonyl (C=O) groups excluding carboxylic acids is 2. The van der Waals surface area contributed by atoms with Gasteiger partial charge in [-0.05, 0) is 42.8 Å². The van der Waals surface area contributed by atoms with E-state index >= 15 is 0 Å². The summed E-state index contributed by atoms with van der Waals surface area (Å²) in [5.41, 5.74) is 1.34. The van der Waals surface area contributed by atoms with Gasteiger partial charge in [-0.3, -0.25) is 9.59 Å². The molecule has 0 spiro atoms. The molecule has 2 aromatic carbocycles. The van der Waals surface area contributed by atoms with Crippen LogP contribution in [0.1, 0.15) is 18.5 Å². The molecule has 2 amide bonds. The molecule has 0 saturated carbocycles. The Bertz CT molecular complexity index is 976. The lowest BCUT2D eigenvalue weighted by molar-refractivity contribution is -0.143. The molecule has 0 aliphatic carbocycles. The molecule has 0 fully saturated rings. The second-order valence-corrected chi connectivity index (χ2v) is 6.83. The molecular formula is C22H20ClN3O3. The van der Waals surface area contributed by atoms with Crippen molar-refractivity contribution in [2.75, 3.05) is 12.4 Å². The molecule has 1 N–H and O–H groups in total. The molecule has 29 heavy (non-hydrogen) atoms. The fourth-order valence-corrected chi connectivity index (χ4v) is 2.74. The minimum absolute atomic E-state index is 0.234. The third kappa shape index (κ3) is 5.33. The Morgan fingerprint density at radius 2 is 1.72 bits per heavy atom. The van der Waals surface area contributed by atoms with Crippen LogP contribution in [0.2, 0.25) is 5.02 Å². The summed E-state index contributed by atoms with van der Waals surface area (Å²) in [4.78, 5) is 30.3. The maximum Gasteiger partial charge on any atom is 0.313 e. The van der Waals surface area contributed by atoms with Crippen LogP contribution in [-0.4, -0.2) is 28.7 Å². The highest BCUT2D eigenvalue weighted by Crippen LogP contribution is 2.22. The minimum atomic E-state index is -0.733. The van der Waals surface area contributed by atoms with Crippen molar-refractivity contribution in [1.82, 2.24) is 9.88 Å². The second-order valence-electron chi connectivity index (χ2n) is 6.40. The molecule has 1 aromatic heterocycles. The van der Waals surface area contributed by atoms with Crippen LogP contribution in [0.5, 0.6) is 11.6 Å². The number of amides is 2. The summed E-state index contributed by atoms with van der Waals surface area (Å²) in [6.45, 7) is 1.87. The molecule has 7 heteroatoms. The first-order chi connectivity index (χ1) is 13.9. The van der Waals surface area contributed by atoms with Crippen LogP contribution >= 0.6 is 11.6 Å². The van der Waals surface area contributed by atoms with Crippen LogP contribution in [-0.2, 0) is 9.59 Å². The topological polar surface area (TPSA) is 71.5 Å². The summed E-state index contributed by atoms with van der Waals surface area (Å²) in [5.74, 6) is -0.428. The average Bonchev–Trinajstić information content (AvgIpc) is 2.75. The van der Waals surface area contributed by atoms with Crippen molar-refractivity contribution in [2.24, 2.45) is 0 Å². The number of anilines is 1. The Balaban J connectivity index is 1.59. The summed E-state index contributed by atoms with van der Waals surface area (Å²) in [5, 5.41) is 3.17. The number of nitrogens with zero attached hydrogens (tertiary/aromatic N) is 2. The largest absolute Gasteiger partial charge is 0.439 e. The first kappa shape index (κ1) is 20.4. The molecule has 0 radical (unpaired) electrons. The van der Waals surface area contributed by atoms with E-state index < -0.39 is 11.8 Å². The van der Waals surface area contributed by atoms with E-state index in [-0.39, 0.29) is 6.04 Å². The van der Waals surface area contributed by atoms with Crippen molar-refractivity contribution in [3.63, 3.8) is 0 Å². The SMILES string of the molecule is CC(c1ccccc1)N(C)C(=O)C(=O)Nc1ccc(Oc2ccc(Cl)cc2)nc1. The highest BCUT2D eigenvalue weighted by Gasteiger charge is 2.23. The predicted octanol–water partition coefficient (Wildman–Crippen LogP) is 4.69. The monoisotopic (exact) mass is 409 g/mol. The van der Waals surface area contributed by atoms with E-state index in [1.54, 1.807) is 43.4 Å². The standard InChI is InChI=1S/C22H20ClN3O3/c1-15(16-6-4-3-5-7-16)26(2)22(28)21(27)25-18-10-13-20(24-14-18)29-19-11-8-17(23)9-12-19/h3-15H,1-2H3,(H,25,27). The minimum Gasteiger partial charge on any atom is -0.439 e. The van der Waals surface area contributed by atoms with E-state index in [1.165, 1.54) is 11.1 Å². The van der Waals surface area contributed by atoms with Gasteiger partial charge in [0.15, 0.2) is 0 Å². The highest BCUT2D eigenvalue weighted by atomic mass is 35.5. The number of ether oxygens (including phenoxy) is 1. The van der Waals surface area contributed by atoms with Crippen LogP contribution in [0.15, 0.2) is 72.9 Å². The lowest BCUT2D eigenvalue weighted by Crippen LogP contribution is -2.38. The van der Waals surface area contributed by atoms with E-state index in [0.29, 0.717) is 22.3 Å². The fraction of sp³-hybridized carbons (Fsp3) is 0.136. The highest BCUT2D eigenvalue weighted by molar-refractivity contribution is 6.39. The first-order valence-electron chi connectivity index (χ1n) is 8.96. The maximum absolute atomic E-state index is 12.5. The Kier molecular flexibility index (Phi) is 6.46. The molecule has 1 unspecified atom stereocenters. The van der Waals surface area contributed by atoms with Gasteiger partial charge in [0.25, 0.3) is 0 Å². The quantitative estimate of drug-likeness (QED) is 0.621. The number of pyridine rings is 1. The van der Waals surface area contributed by atoms with Gasteiger partial charge in [0, 0.05) is 18.1 Å². The Hall–Kier alpha value is -3.38. The molecular weight excluding hydrogens is 390 g/mol. The van der Waals surface area contributed by atoms with Gasteiger partial charge in [-0.1, -0.05) is 41.9 Å². The number of aromatic nitrogens is 1.